The zero-order chi connectivity index (χ0) is 16.3. The Bertz CT molecular complexity index is 312. The van der Waals surface area contributed by atoms with Gasteiger partial charge in [0.05, 0.1) is 12.2 Å². The molecule has 21 heavy (non-hydrogen) atoms. The first-order valence-electron chi connectivity index (χ1n) is 7.08. The third kappa shape index (κ3) is 3.83. The molecule has 1 heterocycles. The first-order valence-corrected chi connectivity index (χ1v) is 7.08. The minimum Gasteiger partial charge on any atom is -0.329 e. The van der Waals surface area contributed by atoms with E-state index in [9.17, 15) is 26.3 Å². The molecule has 2 nitrogen and oxygen atoms in total. The average Bonchev–Trinajstić information content (AvgIpc) is 2.69. The maximum atomic E-state index is 12.9. The van der Waals surface area contributed by atoms with E-state index in [0.717, 1.165) is 12.8 Å². The van der Waals surface area contributed by atoms with Gasteiger partial charge in [-0.25, -0.2) is 0 Å². The van der Waals surface area contributed by atoms with Crippen molar-refractivity contribution in [1.29, 1.82) is 0 Å². The smallest absolute Gasteiger partial charge is 0.329 e. The third-order valence-corrected chi connectivity index (χ3v) is 3.46. The van der Waals surface area contributed by atoms with Crippen LogP contribution in [0, 0.1) is 0 Å². The Morgan fingerprint density at radius 3 is 1.62 bits per heavy atom. The lowest BCUT2D eigenvalue weighted by atomic mass is 10.0. The SMILES string of the molecule is CCCCC[C@@H]1OC(C(F)(F)F)(C(F)(F)F)O[C@@H]1CCC. The summed E-state index contributed by atoms with van der Waals surface area (Å²) in [6.45, 7) is 3.57. The standard InChI is InChI=1S/C13H20F6O2/c1-3-5-6-8-10-9(7-4-2)20-11(21-10,12(14,15)16)13(17,18)19/h9-10H,3-8H2,1-2H3/t9-,10+/m1/s1. The molecular weight excluding hydrogens is 302 g/mol. The van der Waals surface area contributed by atoms with E-state index in [1.54, 1.807) is 6.92 Å². The van der Waals surface area contributed by atoms with Crippen LogP contribution in [0.5, 0.6) is 0 Å². The van der Waals surface area contributed by atoms with Gasteiger partial charge in [-0.15, -0.1) is 0 Å². The first-order chi connectivity index (χ1) is 9.59. The fourth-order valence-electron chi connectivity index (χ4n) is 2.40. The summed E-state index contributed by atoms with van der Waals surface area (Å²) in [5.41, 5.74) is 0. The molecule has 0 unspecified atom stereocenters. The second kappa shape index (κ2) is 6.73. The molecule has 1 aliphatic rings. The van der Waals surface area contributed by atoms with Crippen molar-refractivity contribution in [1.82, 2.24) is 0 Å². The van der Waals surface area contributed by atoms with Crippen molar-refractivity contribution in [3.05, 3.63) is 0 Å². The van der Waals surface area contributed by atoms with E-state index in [-0.39, 0.29) is 12.8 Å². The van der Waals surface area contributed by atoms with Crippen LogP contribution in [0.15, 0.2) is 0 Å². The number of unbranched alkanes of at least 4 members (excludes halogenated alkanes) is 2. The summed E-state index contributed by atoms with van der Waals surface area (Å²) in [4.78, 5) is 0. The fourth-order valence-corrected chi connectivity index (χ4v) is 2.40. The van der Waals surface area contributed by atoms with Crippen LogP contribution in [0.1, 0.15) is 52.4 Å². The van der Waals surface area contributed by atoms with Gasteiger partial charge in [0.2, 0.25) is 0 Å². The topological polar surface area (TPSA) is 18.5 Å². The van der Waals surface area contributed by atoms with Crippen molar-refractivity contribution in [2.24, 2.45) is 0 Å². The number of ether oxygens (including phenoxy) is 2. The number of hydrogen-bond acceptors (Lipinski definition) is 2. The van der Waals surface area contributed by atoms with Gasteiger partial charge in [-0.3, -0.25) is 0 Å². The minimum atomic E-state index is -5.66. The van der Waals surface area contributed by atoms with Crippen molar-refractivity contribution in [2.75, 3.05) is 0 Å². The minimum absolute atomic E-state index is 0.102. The van der Waals surface area contributed by atoms with Crippen molar-refractivity contribution in [3.63, 3.8) is 0 Å². The van der Waals surface area contributed by atoms with Crippen LogP contribution in [0.2, 0.25) is 0 Å². The van der Waals surface area contributed by atoms with E-state index in [0.29, 0.717) is 12.8 Å². The summed E-state index contributed by atoms with van der Waals surface area (Å²) in [6.07, 6.45) is -11.0. The fraction of sp³-hybridized carbons (Fsp3) is 1.00. The third-order valence-electron chi connectivity index (χ3n) is 3.46. The van der Waals surface area contributed by atoms with E-state index < -0.39 is 30.3 Å². The molecule has 0 N–H and O–H groups in total. The molecule has 8 heteroatoms. The normalized spacial score (nSPS) is 26.3. The molecule has 0 amide bonds. The predicted molar refractivity (Wildman–Crippen MR) is 63.6 cm³/mol. The Balaban J connectivity index is 2.97. The van der Waals surface area contributed by atoms with E-state index in [4.69, 9.17) is 0 Å². The molecule has 126 valence electrons. The van der Waals surface area contributed by atoms with Gasteiger partial charge in [-0.05, 0) is 12.8 Å². The number of rotatable bonds is 6. The number of alkyl halides is 6. The van der Waals surface area contributed by atoms with Crippen LogP contribution >= 0.6 is 0 Å². The number of halogens is 6. The monoisotopic (exact) mass is 322 g/mol. The zero-order valence-electron chi connectivity index (χ0n) is 12.0. The van der Waals surface area contributed by atoms with Crippen LogP contribution in [-0.2, 0) is 9.47 Å². The van der Waals surface area contributed by atoms with E-state index >= 15 is 0 Å². The van der Waals surface area contributed by atoms with Gasteiger partial charge in [0, 0.05) is 0 Å². The van der Waals surface area contributed by atoms with Crippen LogP contribution in [0.25, 0.3) is 0 Å². The van der Waals surface area contributed by atoms with Crippen LogP contribution in [0.3, 0.4) is 0 Å². The van der Waals surface area contributed by atoms with Crippen molar-refractivity contribution >= 4 is 0 Å². The molecule has 1 rings (SSSR count). The zero-order valence-corrected chi connectivity index (χ0v) is 12.0. The van der Waals surface area contributed by atoms with Gasteiger partial charge in [0.1, 0.15) is 0 Å². The maximum Gasteiger partial charge on any atom is 0.453 e. The summed E-state index contributed by atoms with van der Waals surface area (Å²) in [6, 6.07) is 0. The molecule has 0 aromatic heterocycles. The van der Waals surface area contributed by atoms with Crippen molar-refractivity contribution < 1.29 is 35.8 Å². The quantitative estimate of drug-likeness (QED) is 0.508. The highest BCUT2D eigenvalue weighted by Crippen LogP contribution is 2.52. The van der Waals surface area contributed by atoms with E-state index in [1.807, 2.05) is 6.92 Å². The lowest BCUT2D eigenvalue weighted by molar-refractivity contribution is -0.446. The molecule has 0 spiro atoms. The summed E-state index contributed by atoms with van der Waals surface area (Å²) in [7, 11) is 0. The molecular formula is C13H20F6O2. The second-order valence-electron chi connectivity index (χ2n) is 5.21. The molecule has 0 saturated carbocycles. The highest BCUT2D eigenvalue weighted by Gasteiger charge is 2.78. The average molecular weight is 322 g/mol. The van der Waals surface area contributed by atoms with Crippen molar-refractivity contribution in [3.8, 4) is 0 Å². The Morgan fingerprint density at radius 1 is 0.762 bits per heavy atom. The number of hydrogen-bond donors (Lipinski definition) is 0. The summed E-state index contributed by atoms with van der Waals surface area (Å²) >= 11 is 0. The van der Waals surface area contributed by atoms with Crippen LogP contribution < -0.4 is 0 Å². The Morgan fingerprint density at radius 2 is 1.24 bits per heavy atom. The lowest BCUT2D eigenvalue weighted by Crippen LogP contribution is -2.58. The van der Waals surface area contributed by atoms with Gasteiger partial charge in [-0.2, -0.15) is 26.3 Å². The summed E-state index contributed by atoms with van der Waals surface area (Å²) in [5.74, 6) is -4.49. The van der Waals surface area contributed by atoms with Crippen molar-refractivity contribution in [2.45, 2.75) is 82.7 Å². The summed E-state index contributed by atoms with van der Waals surface area (Å²) < 4.78 is 86.3. The van der Waals surface area contributed by atoms with Gasteiger partial charge in [0.25, 0.3) is 0 Å². The van der Waals surface area contributed by atoms with E-state index in [1.165, 1.54) is 0 Å². The first kappa shape index (κ1) is 18.5. The highest BCUT2D eigenvalue weighted by atomic mass is 19.4. The predicted octanol–water partition coefficient (Wildman–Crippen LogP) is 4.97. The molecule has 1 saturated heterocycles. The Hall–Kier alpha value is -0.500. The molecule has 1 aliphatic heterocycles. The largest absolute Gasteiger partial charge is 0.453 e. The molecule has 0 aromatic carbocycles. The maximum absolute atomic E-state index is 12.9. The molecule has 0 radical (unpaired) electrons. The Labute approximate surface area is 119 Å². The van der Waals surface area contributed by atoms with Gasteiger partial charge >= 0.3 is 18.1 Å². The van der Waals surface area contributed by atoms with Gasteiger partial charge in [0.15, 0.2) is 0 Å². The van der Waals surface area contributed by atoms with E-state index in [2.05, 4.69) is 9.47 Å². The molecule has 2 atom stereocenters. The lowest BCUT2D eigenvalue weighted by Gasteiger charge is -2.31. The molecule has 1 fully saturated rings. The second-order valence-corrected chi connectivity index (χ2v) is 5.21. The highest BCUT2D eigenvalue weighted by molar-refractivity contribution is 4.96. The van der Waals surface area contributed by atoms with Crippen LogP contribution in [0.4, 0.5) is 26.3 Å². The van der Waals surface area contributed by atoms with Gasteiger partial charge < -0.3 is 9.47 Å². The molecule has 0 bridgehead atoms. The van der Waals surface area contributed by atoms with Gasteiger partial charge in [-0.1, -0.05) is 39.5 Å². The molecule has 0 aromatic rings. The van der Waals surface area contributed by atoms with Crippen LogP contribution in [-0.4, -0.2) is 30.3 Å². The molecule has 0 aliphatic carbocycles. The summed E-state index contributed by atoms with van der Waals surface area (Å²) in [5, 5.41) is 0. The Kier molecular flexibility index (Phi) is 5.94.